The van der Waals surface area contributed by atoms with Crippen LogP contribution in [-0.4, -0.2) is 50.8 Å². The van der Waals surface area contributed by atoms with Gasteiger partial charge >= 0.3 is 11.9 Å². The number of amides is 1. The number of carbonyl (C=O) groups excluding carboxylic acids is 3. The fraction of sp³-hybridized carbons (Fsp3) is 0.868. The maximum absolute atomic E-state index is 14.1. The van der Waals surface area contributed by atoms with Crippen LogP contribution in [-0.2, 0) is 28.6 Å². The van der Waals surface area contributed by atoms with Gasteiger partial charge in [0, 0.05) is 39.5 Å². The highest BCUT2D eigenvalue weighted by molar-refractivity contribution is 5.84. The summed E-state index contributed by atoms with van der Waals surface area (Å²) in [7, 11) is 1.71. The second kappa shape index (κ2) is 12.0. The summed E-state index contributed by atoms with van der Waals surface area (Å²) in [5.74, 6) is 0.703. The molecule has 4 saturated carbocycles. The molecule has 0 heterocycles. The maximum Gasteiger partial charge on any atom is 0.302 e. The summed E-state index contributed by atoms with van der Waals surface area (Å²) in [6.45, 7) is 19.1. The molecule has 4 fully saturated rings. The molecular formula is C38H61NO6. The van der Waals surface area contributed by atoms with Crippen molar-refractivity contribution >= 4 is 17.8 Å². The average molecular weight is 628 g/mol. The Bertz CT molecular complexity index is 1210. The normalized spacial score (nSPS) is 43.4. The molecule has 0 aromatic rings. The van der Waals surface area contributed by atoms with E-state index in [0.29, 0.717) is 19.1 Å². The lowest BCUT2D eigenvalue weighted by Crippen LogP contribution is -2.66. The summed E-state index contributed by atoms with van der Waals surface area (Å²) in [5.41, 5.74) is 1.12. The smallest absolute Gasteiger partial charge is 0.302 e. The first-order valence-electron chi connectivity index (χ1n) is 17.8. The second-order valence-electron chi connectivity index (χ2n) is 17.4. The minimum atomic E-state index is -0.438. The molecule has 0 radical (unpaired) electrons. The van der Waals surface area contributed by atoms with Crippen LogP contribution in [0.15, 0.2) is 11.6 Å². The molecular weight excluding hydrogens is 566 g/mol. The molecule has 0 aromatic heterocycles. The molecule has 5 rings (SSSR count). The first kappa shape index (κ1) is 34.4. The summed E-state index contributed by atoms with van der Waals surface area (Å²) >= 11 is 0. The van der Waals surface area contributed by atoms with E-state index in [9.17, 15) is 14.4 Å². The lowest BCUT2D eigenvalue weighted by Gasteiger charge is -2.71. The van der Waals surface area contributed by atoms with Crippen molar-refractivity contribution in [2.24, 2.45) is 50.2 Å². The molecule has 1 N–H and O–H groups in total. The number of ether oxygens (including phenoxy) is 3. The monoisotopic (exact) mass is 627 g/mol. The van der Waals surface area contributed by atoms with E-state index in [-0.39, 0.29) is 69.5 Å². The van der Waals surface area contributed by atoms with Gasteiger partial charge < -0.3 is 19.5 Å². The number of esters is 2. The summed E-state index contributed by atoms with van der Waals surface area (Å²) < 4.78 is 16.9. The number of nitrogens with one attached hydrogen (secondary N) is 1. The number of carbonyl (C=O) groups is 3. The van der Waals surface area contributed by atoms with Gasteiger partial charge in [0.25, 0.3) is 0 Å². The fourth-order valence-corrected chi connectivity index (χ4v) is 11.9. The Morgan fingerprint density at radius 3 is 2.27 bits per heavy atom. The third-order valence-corrected chi connectivity index (χ3v) is 14.5. The minimum Gasteiger partial charge on any atom is -0.465 e. The summed E-state index contributed by atoms with van der Waals surface area (Å²) in [6.07, 6.45) is 13.2. The number of fused-ring (bicyclic) bond motifs is 7. The lowest BCUT2D eigenvalue weighted by molar-refractivity contribution is -0.226. The highest BCUT2D eigenvalue weighted by Crippen LogP contribution is 2.76. The van der Waals surface area contributed by atoms with Crippen molar-refractivity contribution in [3.63, 3.8) is 0 Å². The van der Waals surface area contributed by atoms with Crippen LogP contribution in [0.3, 0.4) is 0 Å². The van der Waals surface area contributed by atoms with E-state index in [0.717, 1.165) is 70.6 Å². The Morgan fingerprint density at radius 1 is 0.889 bits per heavy atom. The van der Waals surface area contributed by atoms with Gasteiger partial charge in [-0.2, -0.15) is 0 Å². The lowest BCUT2D eigenvalue weighted by atomic mass is 9.33. The van der Waals surface area contributed by atoms with E-state index in [2.05, 4.69) is 52.9 Å². The third kappa shape index (κ3) is 5.49. The van der Waals surface area contributed by atoms with E-state index >= 15 is 0 Å². The molecule has 9 atom stereocenters. The van der Waals surface area contributed by atoms with Gasteiger partial charge in [0.05, 0.1) is 5.41 Å². The third-order valence-electron chi connectivity index (χ3n) is 14.5. The van der Waals surface area contributed by atoms with Crippen LogP contribution in [0.4, 0.5) is 0 Å². The standard InChI is InChI=1S/C38H61NO6/c1-25(40)44-24-35(6)29-13-16-37(8)30(34(29,5)15-14-31(35)45-26(2)41)12-11-27-28-23-33(3,4)17-19-38(28,20-18-36(27,37)7)32(42)39-21-10-22-43-9/h11,28-31H,10,12-24H2,1-9H3,(H,39,42)/t28-,29?,30-,31+,34+,35-,36-,37-,38+/m1/s1. The van der Waals surface area contributed by atoms with Crippen LogP contribution >= 0.6 is 0 Å². The van der Waals surface area contributed by atoms with Crippen molar-refractivity contribution < 1.29 is 28.6 Å². The van der Waals surface area contributed by atoms with Crippen LogP contribution in [0.1, 0.15) is 126 Å². The Labute approximate surface area is 272 Å². The zero-order valence-electron chi connectivity index (χ0n) is 29.7. The summed E-state index contributed by atoms with van der Waals surface area (Å²) in [5, 5.41) is 3.35. The molecule has 7 nitrogen and oxygen atoms in total. The molecule has 5 aliphatic rings. The van der Waals surface area contributed by atoms with Crippen molar-refractivity contribution in [2.45, 2.75) is 132 Å². The van der Waals surface area contributed by atoms with Crippen molar-refractivity contribution in [3.8, 4) is 0 Å². The van der Waals surface area contributed by atoms with Crippen molar-refractivity contribution in [3.05, 3.63) is 11.6 Å². The molecule has 254 valence electrons. The fourth-order valence-electron chi connectivity index (χ4n) is 11.9. The molecule has 0 saturated heterocycles. The molecule has 5 aliphatic carbocycles. The topological polar surface area (TPSA) is 90.9 Å². The minimum absolute atomic E-state index is 0.0147. The van der Waals surface area contributed by atoms with Gasteiger partial charge in [0.2, 0.25) is 5.91 Å². The zero-order chi connectivity index (χ0) is 33.1. The average Bonchev–Trinajstić information content (AvgIpc) is 2.96. The largest absolute Gasteiger partial charge is 0.465 e. The van der Waals surface area contributed by atoms with Gasteiger partial charge in [-0.05, 0) is 110 Å². The van der Waals surface area contributed by atoms with Gasteiger partial charge in [0.15, 0.2) is 0 Å². The van der Waals surface area contributed by atoms with Crippen LogP contribution in [0.5, 0.6) is 0 Å². The highest BCUT2D eigenvalue weighted by Gasteiger charge is 2.70. The van der Waals surface area contributed by atoms with Gasteiger partial charge in [0.1, 0.15) is 12.7 Å². The summed E-state index contributed by atoms with van der Waals surface area (Å²) in [6, 6.07) is 0. The molecule has 7 heteroatoms. The van der Waals surface area contributed by atoms with Gasteiger partial charge in [-0.1, -0.05) is 53.2 Å². The molecule has 1 unspecified atom stereocenters. The number of allylic oxidation sites excluding steroid dienone is 2. The van der Waals surface area contributed by atoms with E-state index in [1.165, 1.54) is 13.8 Å². The molecule has 45 heavy (non-hydrogen) atoms. The second-order valence-corrected chi connectivity index (χ2v) is 17.4. The van der Waals surface area contributed by atoms with E-state index in [1.807, 2.05) is 0 Å². The molecule has 0 spiro atoms. The van der Waals surface area contributed by atoms with Crippen LogP contribution < -0.4 is 5.32 Å². The van der Waals surface area contributed by atoms with Crippen LogP contribution in [0.2, 0.25) is 0 Å². The van der Waals surface area contributed by atoms with Crippen molar-refractivity contribution in [1.29, 1.82) is 0 Å². The predicted molar refractivity (Wildman–Crippen MR) is 175 cm³/mol. The van der Waals surface area contributed by atoms with E-state index in [4.69, 9.17) is 14.2 Å². The zero-order valence-corrected chi connectivity index (χ0v) is 29.7. The van der Waals surface area contributed by atoms with Crippen molar-refractivity contribution in [2.75, 3.05) is 26.9 Å². The highest BCUT2D eigenvalue weighted by atomic mass is 16.6. The Balaban J connectivity index is 1.51. The first-order valence-corrected chi connectivity index (χ1v) is 17.8. The molecule has 0 aliphatic heterocycles. The van der Waals surface area contributed by atoms with Crippen LogP contribution in [0.25, 0.3) is 0 Å². The number of rotatable bonds is 8. The van der Waals surface area contributed by atoms with Gasteiger partial charge in [-0.3, -0.25) is 14.4 Å². The van der Waals surface area contributed by atoms with Gasteiger partial charge in [-0.15, -0.1) is 0 Å². The number of hydrogen-bond donors (Lipinski definition) is 1. The van der Waals surface area contributed by atoms with Crippen LogP contribution in [0, 0.1) is 50.2 Å². The quantitative estimate of drug-likeness (QED) is 0.171. The Morgan fingerprint density at radius 2 is 1.60 bits per heavy atom. The Hall–Kier alpha value is -1.89. The van der Waals surface area contributed by atoms with Crippen molar-refractivity contribution in [1.82, 2.24) is 5.32 Å². The summed E-state index contributed by atoms with van der Waals surface area (Å²) in [4.78, 5) is 38.4. The molecule has 1 amide bonds. The SMILES string of the molecule is COCCCNC(=O)[C@]12CCC(C)(C)C[C@@H]1C1=CC[C@@H]3[C@@]4(C)CC[C@H](OC(C)=O)[C@](C)(COC(C)=O)C4CC[C@@]3(C)[C@]1(C)CC2. The molecule has 0 bridgehead atoms. The number of hydrogen-bond acceptors (Lipinski definition) is 6. The van der Waals surface area contributed by atoms with E-state index in [1.54, 1.807) is 12.7 Å². The number of methoxy groups -OCH3 is 1. The molecule has 0 aromatic carbocycles. The predicted octanol–water partition coefficient (Wildman–Crippen LogP) is 7.42. The first-order chi connectivity index (χ1) is 21.0. The van der Waals surface area contributed by atoms with Gasteiger partial charge in [-0.25, -0.2) is 0 Å². The van der Waals surface area contributed by atoms with E-state index < -0.39 is 5.41 Å². The Kier molecular flexibility index (Phi) is 9.16. The maximum atomic E-state index is 14.1.